The zero-order valence-electron chi connectivity index (χ0n) is 16.4. The minimum Gasteiger partial charge on any atom is -0.320 e. The van der Waals surface area contributed by atoms with Crippen LogP contribution in [-0.4, -0.2) is 35.4 Å². The molecule has 1 aliphatic rings. The number of nitrogens with one attached hydrogen (secondary N) is 1. The van der Waals surface area contributed by atoms with Gasteiger partial charge in [0.1, 0.15) is 5.01 Å². The Kier molecular flexibility index (Phi) is 6.32. The maximum atomic E-state index is 13.3. The molecule has 2 aromatic carbocycles. The summed E-state index contributed by atoms with van der Waals surface area (Å²) in [5, 5.41) is 12.5. The predicted molar refractivity (Wildman–Crippen MR) is 121 cm³/mol. The van der Waals surface area contributed by atoms with Crippen LogP contribution in [0.15, 0.2) is 47.4 Å². The first kappa shape index (κ1) is 22.2. The highest BCUT2D eigenvalue weighted by atomic mass is 35.5. The third-order valence-electron chi connectivity index (χ3n) is 5.03. The van der Waals surface area contributed by atoms with Gasteiger partial charge in [0.05, 0.1) is 10.9 Å². The summed E-state index contributed by atoms with van der Waals surface area (Å²) >= 11 is 13.1. The van der Waals surface area contributed by atoms with E-state index in [0.717, 1.165) is 11.3 Å². The van der Waals surface area contributed by atoms with E-state index in [9.17, 15) is 13.2 Å². The fourth-order valence-electron chi connectivity index (χ4n) is 3.45. The van der Waals surface area contributed by atoms with E-state index in [1.807, 2.05) is 0 Å². The number of nitrogens with zero attached hydrogens (tertiary/aromatic N) is 3. The monoisotopic (exact) mass is 496 g/mol. The molecule has 0 radical (unpaired) electrons. The lowest BCUT2D eigenvalue weighted by Crippen LogP contribution is -2.31. The molecule has 7 nitrogen and oxygen atoms in total. The van der Waals surface area contributed by atoms with E-state index in [4.69, 9.17) is 23.2 Å². The van der Waals surface area contributed by atoms with Gasteiger partial charge in [-0.2, -0.15) is 4.31 Å². The van der Waals surface area contributed by atoms with Gasteiger partial charge < -0.3 is 5.32 Å². The lowest BCUT2D eigenvalue weighted by Gasteiger charge is -2.23. The van der Waals surface area contributed by atoms with Crippen molar-refractivity contribution >= 4 is 56.2 Å². The van der Waals surface area contributed by atoms with E-state index in [-0.39, 0.29) is 9.90 Å². The zero-order chi connectivity index (χ0) is 22.2. The molecule has 1 atom stereocenters. The Bertz CT molecular complexity index is 1230. The fourth-order valence-corrected chi connectivity index (χ4v) is 6.67. The van der Waals surface area contributed by atoms with Gasteiger partial charge in [-0.3, -0.25) is 4.79 Å². The third-order valence-corrected chi connectivity index (χ3v) is 8.77. The number of aromatic nitrogens is 2. The second-order valence-corrected chi connectivity index (χ2v) is 10.8. The van der Waals surface area contributed by atoms with Gasteiger partial charge in [0.15, 0.2) is 0 Å². The van der Waals surface area contributed by atoms with Crippen molar-refractivity contribution in [2.75, 3.05) is 11.9 Å². The van der Waals surface area contributed by atoms with Gasteiger partial charge in [0, 0.05) is 22.3 Å². The fraction of sp³-hybridized carbons (Fsp3) is 0.250. The molecule has 31 heavy (non-hydrogen) atoms. The Balaban J connectivity index is 1.57. The molecule has 0 spiro atoms. The number of carbonyl (C=O) groups excluding carboxylic acids is 1. The topological polar surface area (TPSA) is 92.3 Å². The van der Waals surface area contributed by atoms with E-state index >= 15 is 0 Å². The maximum Gasteiger partial charge on any atom is 0.286 e. The van der Waals surface area contributed by atoms with Crippen LogP contribution < -0.4 is 5.32 Å². The van der Waals surface area contributed by atoms with Crippen LogP contribution in [0, 0.1) is 6.92 Å². The number of sulfonamides is 1. The Labute approximate surface area is 194 Å². The number of carbonyl (C=O) groups is 1. The van der Waals surface area contributed by atoms with Crippen LogP contribution in [0.4, 0.5) is 5.69 Å². The van der Waals surface area contributed by atoms with Crippen molar-refractivity contribution in [2.45, 2.75) is 30.7 Å². The van der Waals surface area contributed by atoms with Gasteiger partial charge in [-0.15, -0.1) is 10.2 Å². The molecule has 1 fully saturated rings. The Morgan fingerprint density at radius 2 is 1.90 bits per heavy atom. The standard InChI is InChI=1S/C20H18Cl2N4O3S2/c1-12-15(22)4-2-6-17(12)31(28,29)26-11-3-5-16(26)19-24-25-20(30-19)18(27)23-14-9-7-13(21)8-10-14/h2,4,6-10,16H,3,5,11H2,1H3,(H,23,27)/t16-/m1/s1. The number of anilines is 1. The molecule has 1 aromatic heterocycles. The molecule has 0 bridgehead atoms. The highest BCUT2D eigenvalue weighted by Crippen LogP contribution is 2.39. The maximum absolute atomic E-state index is 13.3. The van der Waals surface area contributed by atoms with E-state index in [0.29, 0.717) is 45.7 Å². The molecule has 162 valence electrons. The van der Waals surface area contributed by atoms with Crippen molar-refractivity contribution < 1.29 is 13.2 Å². The van der Waals surface area contributed by atoms with Crippen molar-refractivity contribution in [2.24, 2.45) is 0 Å². The molecule has 1 N–H and O–H groups in total. The van der Waals surface area contributed by atoms with Crippen LogP contribution in [-0.2, 0) is 10.0 Å². The number of amides is 1. The lowest BCUT2D eigenvalue weighted by atomic mass is 10.2. The minimum absolute atomic E-state index is 0.160. The van der Waals surface area contributed by atoms with E-state index < -0.39 is 22.0 Å². The number of halogens is 2. The normalized spacial score (nSPS) is 17.1. The van der Waals surface area contributed by atoms with Gasteiger partial charge in [-0.1, -0.05) is 40.6 Å². The van der Waals surface area contributed by atoms with Gasteiger partial charge in [0.2, 0.25) is 15.0 Å². The molecule has 11 heteroatoms. The van der Waals surface area contributed by atoms with Crippen LogP contribution in [0.1, 0.15) is 39.3 Å². The quantitative estimate of drug-likeness (QED) is 0.540. The Morgan fingerprint density at radius 3 is 2.65 bits per heavy atom. The van der Waals surface area contributed by atoms with Crippen LogP contribution in [0.25, 0.3) is 0 Å². The first-order valence-corrected chi connectivity index (χ1v) is 12.5. The molecule has 2 heterocycles. The van der Waals surface area contributed by atoms with Crippen molar-refractivity contribution in [1.29, 1.82) is 0 Å². The highest BCUT2D eigenvalue weighted by molar-refractivity contribution is 7.89. The molecule has 4 rings (SSSR count). The van der Waals surface area contributed by atoms with Gasteiger partial charge in [-0.25, -0.2) is 8.42 Å². The van der Waals surface area contributed by atoms with Crippen molar-refractivity contribution in [3.8, 4) is 0 Å². The van der Waals surface area contributed by atoms with Crippen LogP contribution in [0.5, 0.6) is 0 Å². The summed E-state index contributed by atoms with van der Waals surface area (Å²) in [5.41, 5.74) is 1.09. The average molecular weight is 497 g/mol. The Morgan fingerprint density at radius 1 is 1.16 bits per heavy atom. The molecule has 1 amide bonds. The van der Waals surface area contributed by atoms with Crippen molar-refractivity contribution in [1.82, 2.24) is 14.5 Å². The molecule has 0 saturated carbocycles. The summed E-state index contributed by atoms with van der Waals surface area (Å²) in [6, 6.07) is 11.1. The van der Waals surface area contributed by atoms with Crippen LogP contribution >= 0.6 is 34.5 Å². The van der Waals surface area contributed by atoms with Gasteiger partial charge >= 0.3 is 0 Å². The number of benzene rings is 2. The predicted octanol–water partition coefficient (Wildman–Crippen LogP) is 4.93. The van der Waals surface area contributed by atoms with Gasteiger partial charge in [-0.05, 0) is 61.7 Å². The van der Waals surface area contributed by atoms with Crippen molar-refractivity contribution in [3.63, 3.8) is 0 Å². The first-order chi connectivity index (χ1) is 14.8. The number of rotatable bonds is 5. The second kappa shape index (κ2) is 8.84. The zero-order valence-corrected chi connectivity index (χ0v) is 19.5. The molecular formula is C20H18Cl2N4O3S2. The van der Waals surface area contributed by atoms with E-state index in [1.165, 1.54) is 4.31 Å². The molecule has 1 aliphatic heterocycles. The smallest absolute Gasteiger partial charge is 0.286 e. The summed E-state index contributed by atoms with van der Waals surface area (Å²) in [6.07, 6.45) is 1.29. The summed E-state index contributed by atoms with van der Waals surface area (Å²) < 4.78 is 28.1. The molecular weight excluding hydrogens is 479 g/mol. The number of hydrogen-bond acceptors (Lipinski definition) is 6. The average Bonchev–Trinajstić information content (AvgIpc) is 3.41. The largest absolute Gasteiger partial charge is 0.320 e. The summed E-state index contributed by atoms with van der Waals surface area (Å²) in [6.45, 7) is 2.05. The summed E-state index contributed by atoms with van der Waals surface area (Å²) in [5.74, 6) is -0.413. The lowest BCUT2D eigenvalue weighted by molar-refractivity contribution is 0.102. The number of hydrogen-bond donors (Lipinski definition) is 1. The Hall–Kier alpha value is -2.04. The van der Waals surface area contributed by atoms with Crippen LogP contribution in [0.2, 0.25) is 10.0 Å². The highest BCUT2D eigenvalue weighted by Gasteiger charge is 2.39. The van der Waals surface area contributed by atoms with Crippen LogP contribution in [0.3, 0.4) is 0 Å². The van der Waals surface area contributed by atoms with E-state index in [1.54, 1.807) is 49.4 Å². The van der Waals surface area contributed by atoms with Crippen molar-refractivity contribution in [3.05, 3.63) is 68.1 Å². The minimum atomic E-state index is -3.78. The van der Waals surface area contributed by atoms with E-state index in [2.05, 4.69) is 15.5 Å². The summed E-state index contributed by atoms with van der Waals surface area (Å²) in [4.78, 5) is 12.7. The second-order valence-electron chi connectivity index (χ2n) is 7.04. The van der Waals surface area contributed by atoms with Gasteiger partial charge in [0.25, 0.3) is 5.91 Å². The SMILES string of the molecule is Cc1c(Cl)cccc1S(=O)(=O)N1CCC[C@@H]1c1nnc(C(=O)Nc2ccc(Cl)cc2)s1. The summed E-state index contributed by atoms with van der Waals surface area (Å²) in [7, 11) is -3.78. The molecule has 3 aromatic rings. The molecule has 1 saturated heterocycles. The molecule has 0 unspecified atom stereocenters. The first-order valence-electron chi connectivity index (χ1n) is 9.44. The molecule has 0 aliphatic carbocycles. The third kappa shape index (κ3) is 4.47.